The van der Waals surface area contributed by atoms with E-state index in [0.29, 0.717) is 23.8 Å². The highest BCUT2D eigenvalue weighted by molar-refractivity contribution is 7.91. The average molecular weight is 319 g/mol. The molecule has 1 heterocycles. The first-order chi connectivity index (χ1) is 9.88. The molecule has 0 aliphatic carbocycles. The molecule has 2 unspecified atom stereocenters. The Hall–Kier alpha value is -0.130. The van der Waals surface area contributed by atoms with Gasteiger partial charge in [-0.1, -0.05) is 34.1 Å². The minimum Gasteiger partial charge on any atom is -0.311 e. The maximum absolute atomic E-state index is 11.6. The lowest BCUT2D eigenvalue weighted by Gasteiger charge is -2.41. The molecule has 1 rings (SSSR count). The fraction of sp³-hybridized carbons (Fsp3) is 1.00. The topological polar surface area (TPSA) is 49.4 Å². The summed E-state index contributed by atoms with van der Waals surface area (Å²) in [6, 6.07) is 1.13. The van der Waals surface area contributed by atoms with Gasteiger partial charge in [-0.2, -0.15) is 0 Å². The van der Waals surface area contributed by atoms with E-state index in [1.165, 1.54) is 19.3 Å². The van der Waals surface area contributed by atoms with Crippen LogP contribution in [0.4, 0.5) is 0 Å². The van der Waals surface area contributed by atoms with E-state index < -0.39 is 9.84 Å². The SMILES string of the molecule is CCCC1CNC(CC(C)C)CN1CCCS(=O)(=O)CC. The second-order valence-electron chi connectivity index (χ2n) is 6.76. The van der Waals surface area contributed by atoms with Crippen molar-refractivity contribution in [2.45, 2.75) is 65.5 Å². The van der Waals surface area contributed by atoms with E-state index >= 15 is 0 Å². The highest BCUT2D eigenvalue weighted by Gasteiger charge is 2.27. The molecule has 0 aromatic rings. The van der Waals surface area contributed by atoms with Crippen LogP contribution in [0.1, 0.15) is 53.4 Å². The first kappa shape index (κ1) is 18.9. The molecule has 1 aliphatic rings. The summed E-state index contributed by atoms with van der Waals surface area (Å²) in [7, 11) is -2.82. The molecule has 2 atom stereocenters. The lowest BCUT2D eigenvalue weighted by atomic mass is 9.98. The van der Waals surface area contributed by atoms with Crippen molar-refractivity contribution in [1.82, 2.24) is 10.2 Å². The van der Waals surface area contributed by atoms with Crippen molar-refractivity contribution in [3.63, 3.8) is 0 Å². The van der Waals surface area contributed by atoms with Gasteiger partial charge in [-0.05, 0) is 31.7 Å². The number of sulfone groups is 1. The van der Waals surface area contributed by atoms with Crippen LogP contribution < -0.4 is 5.32 Å². The van der Waals surface area contributed by atoms with Crippen molar-refractivity contribution in [1.29, 1.82) is 0 Å². The molecule has 1 aliphatic heterocycles. The monoisotopic (exact) mass is 318 g/mol. The Labute approximate surface area is 131 Å². The van der Waals surface area contributed by atoms with Crippen LogP contribution in [0.5, 0.6) is 0 Å². The largest absolute Gasteiger partial charge is 0.311 e. The molecule has 1 fully saturated rings. The zero-order valence-corrected chi connectivity index (χ0v) is 15.1. The second-order valence-corrected chi connectivity index (χ2v) is 9.23. The van der Waals surface area contributed by atoms with Crippen molar-refractivity contribution < 1.29 is 8.42 Å². The number of hydrogen-bond acceptors (Lipinski definition) is 4. The fourth-order valence-corrected chi connectivity index (χ4v) is 4.04. The molecular weight excluding hydrogens is 284 g/mol. The number of rotatable bonds is 9. The molecule has 21 heavy (non-hydrogen) atoms. The van der Waals surface area contributed by atoms with Gasteiger partial charge in [-0.25, -0.2) is 8.42 Å². The van der Waals surface area contributed by atoms with Crippen LogP contribution in [0.2, 0.25) is 0 Å². The van der Waals surface area contributed by atoms with Crippen LogP contribution in [0.3, 0.4) is 0 Å². The van der Waals surface area contributed by atoms with Gasteiger partial charge >= 0.3 is 0 Å². The van der Waals surface area contributed by atoms with E-state index in [4.69, 9.17) is 0 Å². The van der Waals surface area contributed by atoms with Crippen LogP contribution in [-0.4, -0.2) is 56.5 Å². The summed E-state index contributed by atoms with van der Waals surface area (Å²) in [5.74, 6) is 1.30. The van der Waals surface area contributed by atoms with Gasteiger partial charge in [0.15, 0.2) is 0 Å². The van der Waals surface area contributed by atoms with Gasteiger partial charge in [0, 0.05) is 30.9 Å². The van der Waals surface area contributed by atoms with Gasteiger partial charge in [0.2, 0.25) is 0 Å². The number of nitrogens with zero attached hydrogens (tertiary/aromatic N) is 1. The Kier molecular flexibility index (Phi) is 8.21. The van der Waals surface area contributed by atoms with Crippen molar-refractivity contribution in [3.8, 4) is 0 Å². The van der Waals surface area contributed by atoms with Crippen LogP contribution in [0.15, 0.2) is 0 Å². The van der Waals surface area contributed by atoms with Gasteiger partial charge in [-0.3, -0.25) is 4.90 Å². The summed E-state index contributed by atoms with van der Waals surface area (Å²) in [4.78, 5) is 2.53. The van der Waals surface area contributed by atoms with E-state index in [0.717, 1.165) is 26.1 Å². The first-order valence-electron chi connectivity index (χ1n) is 8.55. The lowest BCUT2D eigenvalue weighted by molar-refractivity contribution is 0.115. The van der Waals surface area contributed by atoms with Crippen LogP contribution in [0, 0.1) is 5.92 Å². The maximum Gasteiger partial charge on any atom is 0.150 e. The van der Waals surface area contributed by atoms with E-state index in [9.17, 15) is 8.42 Å². The Bertz CT molecular complexity index is 382. The molecule has 5 heteroatoms. The summed E-state index contributed by atoms with van der Waals surface area (Å²) in [6.45, 7) is 11.5. The quantitative estimate of drug-likeness (QED) is 0.709. The molecule has 126 valence electrons. The highest BCUT2D eigenvalue weighted by Crippen LogP contribution is 2.17. The van der Waals surface area contributed by atoms with E-state index in [1.807, 2.05) is 0 Å². The molecular formula is C16H34N2O2S. The smallest absolute Gasteiger partial charge is 0.150 e. The number of piperazine rings is 1. The normalized spacial score (nSPS) is 24.6. The molecule has 4 nitrogen and oxygen atoms in total. The third kappa shape index (κ3) is 7.11. The first-order valence-corrected chi connectivity index (χ1v) is 10.4. The van der Waals surface area contributed by atoms with Gasteiger partial charge in [0.1, 0.15) is 9.84 Å². The average Bonchev–Trinajstić information content (AvgIpc) is 2.41. The third-order valence-corrected chi connectivity index (χ3v) is 6.12. The fourth-order valence-electron chi connectivity index (χ4n) is 3.18. The maximum atomic E-state index is 11.6. The molecule has 0 amide bonds. The Balaban J connectivity index is 2.50. The zero-order chi connectivity index (χ0) is 15.9. The molecule has 1 N–H and O–H groups in total. The molecule has 0 saturated carbocycles. The van der Waals surface area contributed by atoms with E-state index in [2.05, 4.69) is 31.0 Å². The zero-order valence-electron chi connectivity index (χ0n) is 14.3. The van der Waals surface area contributed by atoms with Gasteiger partial charge in [-0.15, -0.1) is 0 Å². The van der Waals surface area contributed by atoms with Gasteiger partial charge in [0.25, 0.3) is 0 Å². The van der Waals surface area contributed by atoms with Crippen LogP contribution in [0.25, 0.3) is 0 Å². The number of hydrogen-bond donors (Lipinski definition) is 1. The highest BCUT2D eigenvalue weighted by atomic mass is 32.2. The molecule has 0 spiro atoms. The van der Waals surface area contributed by atoms with Crippen LogP contribution in [-0.2, 0) is 9.84 Å². The summed E-state index contributed by atoms with van der Waals surface area (Å²) < 4.78 is 23.3. The summed E-state index contributed by atoms with van der Waals surface area (Å²) in [6.07, 6.45) is 4.35. The molecule has 0 aromatic heterocycles. The molecule has 0 bridgehead atoms. The number of nitrogens with one attached hydrogen (secondary N) is 1. The minimum atomic E-state index is -2.82. The van der Waals surface area contributed by atoms with Crippen molar-refractivity contribution >= 4 is 9.84 Å². The van der Waals surface area contributed by atoms with Gasteiger partial charge < -0.3 is 5.32 Å². The standard InChI is InChI=1S/C16H34N2O2S/c1-5-8-16-12-17-15(11-14(3)4)13-18(16)9-7-10-21(19,20)6-2/h14-17H,5-13H2,1-4H3. The van der Waals surface area contributed by atoms with E-state index in [-0.39, 0.29) is 5.75 Å². The lowest BCUT2D eigenvalue weighted by Crippen LogP contribution is -2.56. The van der Waals surface area contributed by atoms with Crippen molar-refractivity contribution in [3.05, 3.63) is 0 Å². The minimum absolute atomic E-state index is 0.267. The van der Waals surface area contributed by atoms with Gasteiger partial charge in [0.05, 0.1) is 5.75 Å². The van der Waals surface area contributed by atoms with Crippen LogP contribution >= 0.6 is 0 Å². The molecule has 0 radical (unpaired) electrons. The molecule has 0 aromatic carbocycles. The summed E-state index contributed by atoms with van der Waals surface area (Å²) >= 11 is 0. The Morgan fingerprint density at radius 3 is 2.57 bits per heavy atom. The summed E-state index contributed by atoms with van der Waals surface area (Å²) in [5, 5.41) is 3.67. The predicted octanol–water partition coefficient (Wildman–Crippen LogP) is 2.30. The third-order valence-electron chi connectivity index (χ3n) is 4.33. The van der Waals surface area contributed by atoms with Crippen molar-refractivity contribution in [2.75, 3.05) is 31.1 Å². The summed E-state index contributed by atoms with van der Waals surface area (Å²) in [5.41, 5.74) is 0. The molecule has 1 saturated heterocycles. The van der Waals surface area contributed by atoms with Crippen molar-refractivity contribution in [2.24, 2.45) is 5.92 Å². The predicted molar refractivity (Wildman–Crippen MR) is 90.5 cm³/mol. The second kappa shape index (κ2) is 9.11. The van der Waals surface area contributed by atoms with E-state index in [1.54, 1.807) is 6.92 Å². The Morgan fingerprint density at radius 2 is 2.00 bits per heavy atom. The Morgan fingerprint density at radius 1 is 1.29 bits per heavy atom.